The number of fused-ring (bicyclic) bond motifs is 1. The Labute approximate surface area is 231 Å². The Balaban J connectivity index is 1.46. The lowest BCUT2D eigenvalue weighted by Crippen LogP contribution is -2.33. The highest BCUT2D eigenvalue weighted by Gasteiger charge is 2.21. The van der Waals surface area contributed by atoms with Crippen LogP contribution in [0.25, 0.3) is 11.0 Å². The number of hydrogen-bond acceptors (Lipinski definition) is 3. The van der Waals surface area contributed by atoms with Crippen LogP contribution < -0.4 is 0 Å². The van der Waals surface area contributed by atoms with E-state index in [9.17, 15) is 4.79 Å². The Morgan fingerprint density at radius 1 is 0.895 bits per heavy atom. The van der Waals surface area contributed by atoms with Gasteiger partial charge in [-0.05, 0) is 79.9 Å². The first-order chi connectivity index (χ1) is 18.6. The molecule has 1 fully saturated rings. The van der Waals surface area contributed by atoms with Crippen LogP contribution in [-0.4, -0.2) is 44.9 Å². The van der Waals surface area contributed by atoms with Crippen molar-refractivity contribution in [1.82, 2.24) is 19.4 Å². The number of halogens is 1. The molecule has 1 aliphatic rings. The minimum absolute atomic E-state index is 0.0132. The lowest BCUT2D eigenvalue weighted by molar-refractivity contribution is 0.0735. The maximum Gasteiger partial charge on any atom is 0.254 e. The number of para-hydroxylation sites is 2. The van der Waals surface area contributed by atoms with Gasteiger partial charge in [-0.1, -0.05) is 67.8 Å². The first-order valence-electron chi connectivity index (χ1n) is 13.9. The van der Waals surface area contributed by atoms with Crippen LogP contribution in [0.4, 0.5) is 0 Å². The van der Waals surface area contributed by atoms with Crippen molar-refractivity contribution in [3.63, 3.8) is 0 Å². The number of likely N-dealkylation sites (tertiary alicyclic amines) is 1. The molecule has 6 heteroatoms. The second-order valence-corrected chi connectivity index (χ2v) is 10.7. The summed E-state index contributed by atoms with van der Waals surface area (Å²) < 4.78 is 2.30. The Hall–Kier alpha value is -3.15. The van der Waals surface area contributed by atoms with Crippen molar-refractivity contribution in [1.29, 1.82) is 0 Å². The molecule has 0 N–H and O–H groups in total. The maximum absolute atomic E-state index is 13.6. The standard InChI is InChI=1S/C32H37ClN4O/c1-2-3-21-36(32(38)25-15-17-28(33)18-16-25)24-31-34-29-13-7-8-14-30(29)37(31)23-27-12-6-5-11-26(27)22-35-19-9-4-10-20-35/h5-8,11-18H,2-4,9-10,19-24H2,1H3. The van der Waals surface area contributed by atoms with Gasteiger partial charge in [0.15, 0.2) is 0 Å². The molecular formula is C32H37ClN4O. The van der Waals surface area contributed by atoms with E-state index in [2.05, 4.69) is 58.9 Å². The fourth-order valence-corrected chi connectivity index (χ4v) is 5.49. The number of aromatic nitrogens is 2. The van der Waals surface area contributed by atoms with Crippen molar-refractivity contribution < 1.29 is 4.79 Å². The van der Waals surface area contributed by atoms with Crippen molar-refractivity contribution in [2.75, 3.05) is 19.6 Å². The lowest BCUT2D eigenvalue weighted by atomic mass is 10.0. The highest BCUT2D eigenvalue weighted by atomic mass is 35.5. The third-order valence-corrected chi connectivity index (χ3v) is 7.77. The van der Waals surface area contributed by atoms with Crippen LogP contribution in [0.2, 0.25) is 5.02 Å². The molecule has 0 aliphatic carbocycles. The minimum atomic E-state index is 0.0132. The molecule has 5 nitrogen and oxygen atoms in total. The summed E-state index contributed by atoms with van der Waals surface area (Å²) in [5.41, 5.74) is 5.40. The predicted octanol–water partition coefficient (Wildman–Crippen LogP) is 7.17. The summed E-state index contributed by atoms with van der Waals surface area (Å²) in [5.74, 6) is 0.927. The van der Waals surface area contributed by atoms with Crippen molar-refractivity contribution in [2.24, 2.45) is 0 Å². The fraction of sp³-hybridized carbons (Fsp3) is 0.375. The van der Waals surface area contributed by atoms with Gasteiger partial charge in [-0.15, -0.1) is 0 Å². The number of carbonyl (C=O) groups excluding carboxylic acids is 1. The van der Waals surface area contributed by atoms with Gasteiger partial charge < -0.3 is 9.47 Å². The number of nitrogens with zero attached hydrogens (tertiary/aromatic N) is 4. The average Bonchev–Trinajstić information content (AvgIpc) is 3.29. The van der Waals surface area contributed by atoms with Gasteiger partial charge in [0.2, 0.25) is 0 Å². The molecule has 198 valence electrons. The summed E-state index contributed by atoms with van der Waals surface area (Å²) in [4.78, 5) is 23.1. The molecule has 0 atom stereocenters. The zero-order valence-corrected chi connectivity index (χ0v) is 23.0. The van der Waals surface area contributed by atoms with E-state index in [1.54, 1.807) is 12.1 Å². The summed E-state index contributed by atoms with van der Waals surface area (Å²) in [6.07, 6.45) is 5.87. The number of imidazole rings is 1. The van der Waals surface area contributed by atoms with E-state index in [0.29, 0.717) is 23.7 Å². The Morgan fingerprint density at radius 3 is 2.32 bits per heavy atom. The van der Waals surface area contributed by atoms with Crippen LogP contribution in [0, 0.1) is 0 Å². The minimum Gasteiger partial charge on any atom is -0.331 e. The molecule has 1 aromatic heterocycles. The van der Waals surface area contributed by atoms with E-state index in [-0.39, 0.29) is 5.91 Å². The van der Waals surface area contributed by atoms with Gasteiger partial charge in [0.05, 0.1) is 17.6 Å². The van der Waals surface area contributed by atoms with Gasteiger partial charge >= 0.3 is 0 Å². The molecule has 0 bridgehead atoms. The van der Waals surface area contributed by atoms with Gasteiger partial charge in [0.25, 0.3) is 5.91 Å². The van der Waals surface area contributed by atoms with Crippen LogP contribution in [0.3, 0.4) is 0 Å². The van der Waals surface area contributed by atoms with E-state index in [0.717, 1.165) is 42.8 Å². The molecule has 1 aliphatic heterocycles. The molecule has 1 amide bonds. The van der Waals surface area contributed by atoms with Gasteiger partial charge in [-0.2, -0.15) is 0 Å². The van der Waals surface area contributed by atoms with E-state index in [1.807, 2.05) is 23.1 Å². The SMILES string of the molecule is CCCCN(Cc1nc2ccccc2n1Cc1ccccc1CN1CCCCC1)C(=O)c1ccc(Cl)cc1. The number of carbonyl (C=O) groups is 1. The van der Waals surface area contributed by atoms with Gasteiger partial charge in [0, 0.05) is 30.2 Å². The molecular weight excluding hydrogens is 492 g/mol. The fourth-order valence-electron chi connectivity index (χ4n) is 5.36. The predicted molar refractivity (Wildman–Crippen MR) is 156 cm³/mol. The molecule has 3 aromatic carbocycles. The molecule has 0 spiro atoms. The summed E-state index contributed by atoms with van der Waals surface area (Å²) in [6, 6.07) is 24.3. The lowest BCUT2D eigenvalue weighted by Gasteiger charge is -2.27. The van der Waals surface area contributed by atoms with Crippen molar-refractivity contribution >= 4 is 28.5 Å². The zero-order valence-electron chi connectivity index (χ0n) is 22.3. The Morgan fingerprint density at radius 2 is 1.58 bits per heavy atom. The number of unbranched alkanes of at least 4 members (excludes halogenated alkanes) is 1. The summed E-state index contributed by atoms with van der Waals surface area (Å²) in [5, 5.41) is 0.631. The molecule has 0 radical (unpaired) electrons. The Bertz CT molecular complexity index is 1360. The normalized spacial score (nSPS) is 14.2. The second kappa shape index (κ2) is 12.6. The molecule has 5 rings (SSSR count). The first-order valence-corrected chi connectivity index (χ1v) is 14.3. The number of benzene rings is 3. The molecule has 2 heterocycles. The molecule has 0 unspecified atom stereocenters. The quantitative estimate of drug-likeness (QED) is 0.219. The van der Waals surface area contributed by atoms with E-state index in [4.69, 9.17) is 16.6 Å². The molecule has 4 aromatic rings. The van der Waals surface area contributed by atoms with Crippen LogP contribution in [0.15, 0.2) is 72.8 Å². The van der Waals surface area contributed by atoms with Crippen molar-refractivity contribution in [3.05, 3.63) is 100 Å². The zero-order chi connectivity index (χ0) is 26.3. The second-order valence-electron chi connectivity index (χ2n) is 10.3. The summed E-state index contributed by atoms with van der Waals surface area (Å²) in [6.45, 7) is 7.36. The smallest absolute Gasteiger partial charge is 0.254 e. The van der Waals surface area contributed by atoms with Crippen LogP contribution >= 0.6 is 11.6 Å². The van der Waals surface area contributed by atoms with Crippen molar-refractivity contribution in [2.45, 2.75) is 58.7 Å². The summed E-state index contributed by atoms with van der Waals surface area (Å²) in [7, 11) is 0. The average molecular weight is 529 g/mol. The Kier molecular flexibility index (Phi) is 8.77. The molecule has 1 saturated heterocycles. The van der Waals surface area contributed by atoms with Crippen molar-refractivity contribution in [3.8, 4) is 0 Å². The first kappa shape index (κ1) is 26.5. The maximum atomic E-state index is 13.6. The third kappa shape index (κ3) is 6.28. The number of rotatable bonds is 10. The topological polar surface area (TPSA) is 41.4 Å². The van der Waals surface area contributed by atoms with Crippen LogP contribution in [0.1, 0.15) is 66.3 Å². The molecule has 38 heavy (non-hydrogen) atoms. The van der Waals surface area contributed by atoms with E-state index in [1.165, 1.54) is 43.5 Å². The van der Waals surface area contributed by atoms with E-state index >= 15 is 0 Å². The van der Waals surface area contributed by atoms with Crippen LogP contribution in [-0.2, 0) is 19.6 Å². The largest absolute Gasteiger partial charge is 0.331 e. The van der Waals surface area contributed by atoms with E-state index < -0.39 is 0 Å². The number of hydrogen-bond donors (Lipinski definition) is 0. The highest BCUT2D eigenvalue weighted by molar-refractivity contribution is 6.30. The monoisotopic (exact) mass is 528 g/mol. The van der Waals surface area contributed by atoms with Crippen LogP contribution in [0.5, 0.6) is 0 Å². The van der Waals surface area contributed by atoms with Gasteiger partial charge in [-0.3, -0.25) is 9.69 Å². The van der Waals surface area contributed by atoms with Gasteiger partial charge in [0.1, 0.15) is 5.82 Å². The number of amides is 1. The summed E-state index contributed by atoms with van der Waals surface area (Å²) >= 11 is 6.09. The molecule has 0 saturated carbocycles. The third-order valence-electron chi connectivity index (χ3n) is 7.52. The highest BCUT2D eigenvalue weighted by Crippen LogP contribution is 2.23. The number of piperidine rings is 1. The van der Waals surface area contributed by atoms with Gasteiger partial charge in [-0.25, -0.2) is 4.98 Å².